The molecule has 3 heterocycles. The molecule has 2 amide bonds. The molecule has 2 aliphatic rings. The minimum atomic E-state index is -3.19. The number of alkyl halides is 3. The van der Waals surface area contributed by atoms with Crippen molar-refractivity contribution in [3.05, 3.63) is 81.9 Å². The Hall–Kier alpha value is -4.49. The first-order valence-electron chi connectivity index (χ1n) is 14.1. The number of aromatic nitrogens is 2. The van der Waals surface area contributed by atoms with E-state index in [9.17, 15) is 27.9 Å². The molecule has 1 aliphatic carbocycles. The molecule has 0 unspecified atom stereocenters. The number of carbonyl (C=O) groups is 2. The van der Waals surface area contributed by atoms with Crippen LogP contribution in [0.15, 0.2) is 48.7 Å². The normalized spacial score (nSPS) is 19.3. The molecule has 0 bridgehead atoms. The number of carbonyl (C=O) groups excluding carboxylic acids is 2. The largest absolute Gasteiger partial charge is 0.489 e. The average molecular weight is 659 g/mol. The number of ether oxygens (including phenoxy) is 2. The van der Waals surface area contributed by atoms with E-state index in [0.29, 0.717) is 10.9 Å². The number of benzene rings is 2. The number of aryl methyl sites for hydroxylation is 1. The monoisotopic (exact) mass is 658 g/mol. The number of hydrogen-bond acceptors (Lipinski definition) is 7. The molecule has 1 aliphatic heterocycles. The highest BCUT2D eigenvalue weighted by Gasteiger charge is 2.62. The Morgan fingerprint density at radius 2 is 1.96 bits per heavy atom. The van der Waals surface area contributed by atoms with Crippen molar-refractivity contribution in [3.8, 4) is 22.8 Å². The summed E-state index contributed by atoms with van der Waals surface area (Å²) in [4.78, 5) is 34.7. The van der Waals surface area contributed by atoms with E-state index in [0.717, 1.165) is 18.2 Å². The predicted molar refractivity (Wildman–Crippen MR) is 159 cm³/mol. The van der Waals surface area contributed by atoms with Gasteiger partial charge in [-0.3, -0.25) is 14.6 Å². The number of nitrogens with two attached hydrogens (primary N) is 1. The number of aliphatic hydroxyl groups is 1. The first-order chi connectivity index (χ1) is 21.6. The highest BCUT2D eigenvalue weighted by Crippen LogP contribution is 2.55. The van der Waals surface area contributed by atoms with Crippen LogP contribution in [0.1, 0.15) is 46.9 Å². The molecule has 0 saturated heterocycles. The molecule has 4 N–H and O–H groups in total. The zero-order valence-electron chi connectivity index (χ0n) is 24.5. The van der Waals surface area contributed by atoms with Crippen LogP contribution in [0.25, 0.3) is 22.2 Å². The van der Waals surface area contributed by atoms with Gasteiger partial charge >= 0.3 is 6.61 Å². The number of hydrogen-bond donors (Lipinski definition) is 3. The molecule has 4 aromatic rings. The van der Waals surface area contributed by atoms with Gasteiger partial charge in [-0.05, 0) is 74.7 Å². The quantitative estimate of drug-likeness (QED) is 0.209. The van der Waals surface area contributed by atoms with E-state index in [1.165, 1.54) is 31.3 Å². The van der Waals surface area contributed by atoms with Crippen molar-refractivity contribution in [3.63, 3.8) is 0 Å². The van der Waals surface area contributed by atoms with Gasteiger partial charge in [0.2, 0.25) is 5.91 Å². The van der Waals surface area contributed by atoms with Crippen LogP contribution in [0.5, 0.6) is 11.5 Å². The maximum atomic E-state index is 16.2. The van der Waals surface area contributed by atoms with Gasteiger partial charge in [-0.2, -0.15) is 8.78 Å². The number of halogens is 5. The second kappa shape index (κ2) is 11.1. The first kappa shape index (κ1) is 31.5. The van der Waals surface area contributed by atoms with Crippen LogP contribution < -0.4 is 20.5 Å². The molecule has 1 saturated carbocycles. The Labute approximate surface area is 264 Å². The van der Waals surface area contributed by atoms with E-state index in [-0.39, 0.29) is 69.6 Å². The Kier molecular flexibility index (Phi) is 7.59. The molecule has 240 valence electrons. The van der Waals surface area contributed by atoms with Crippen molar-refractivity contribution < 1.29 is 41.7 Å². The summed E-state index contributed by atoms with van der Waals surface area (Å²) in [5.41, 5.74) is 0.404. The predicted octanol–water partition coefficient (Wildman–Crippen LogP) is 5.25. The number of nitrogens with zero attached hydrogens (tertiary/aromatic N) is 2. The van der Waals surface area contributed by atoms with Gasteiger partial charge in [0.05, 0.1) is 17.3 Å². The van der Waals surface area contributed by atoms with E-state index in [2.05, 4.69) is 20.0 Å². The summed E-state index contributed by atoms with van der Waals surface area (Å²) in [6, 6.07) is 8.90. The van der Waals surface area contributed by atoms with Crippen LogP contribution >= 0.6 is 11.6 Å². The zero-order chi connectivity index (χ0) is 33.2. The summed E-state index contributed by atoms with van der Waals surface area (Å²) < 4.78 is 66.9. The highest BCUT2D eigenvalue weighted by atomic mass is 35.5. The average Bonchev–Trinajstić information content (AvgIpc) is 3.66. The topological polar surface area (TPSA) is 137 Å². The van der Waals surface area contributed by atoms with Gasteiger partial charge in [0.1, 0.15) is 40.5 Å². The molecule has 9 nitrogen and oxygen atoms in total. The lowest BCUT2D eigenvalue weighted by Gasteiger charge is -2.33. The molecule has 46 heavy (non-hydrogen) atoms. The Morgan fingerprint density at radius 3 is 2.61 bits per heavy atom. The number of nitrogens with one attached hydrogen (secondary N) is 1. The summed E-state index contributed by atoms with van der Waals surface area (Å²) in [7, 11) is 0. The van der Waals surface area contributed by atoms with Gasteiger partial charge in [-0.25, -0.2) is 13.8 Å². The van der Waals surface area contributed by atoms with Crippen LogP contribution in [-0.2, 0) is 15.8 Å². The van der Waals surface area contributed by atoms with Crippen molar-refractivity contribution in [2.45, 2.75) is 50.0 Å². The Balaban J connectivity index is 1.43. The maximum Gasteiger partial charge on any atom is 0.387 e. The maximum absolute atomic E-state index is 16.2. The van der Waals surface area contributed by atoms with E-state index in [1.807, 2.05) is 0 Å². The fourth-order valence-electron chi connectivity index (χ4n) is 5.62. The van der Waals surface area contributed by atoms with Crippen molar-refractivity contribution >= 4 is 34.3 Å². The van der Waals surface area contributed by atoms with E-state index >= 15 is 4.39 Å². The van der Waals surface area contributed by atoms with Gasteiger partial charge in [0.15, 0.2) is 11.4 Å². The van der Waals surface area contributed by atoms with Crippen molar-refractivity contribution in [1.82, 2.24) is 15.3 Å². The SMILES string of the molecule is Cc1cnc2c(OC(F)F)cc(C(=O)NC[C@](O)(c3cc4c(c(-c5ccc(F)cc5Cl)n3)OC[C@]4(C)C(N)=O)C3(F)CC3)cc2c1. The van der Waals surface area contributed by atoms with E-state index < -0.39 is 47.5 Å². The third kappa shape index (κ3) is 5.26. The first-order valence-corrected chi connectivity index (χ1v) is 14.5. The van der Waals surface area contributed by atoms with Crippen LogP contribution in [0, 0.1) is 12.7 Å². The summed E-state index contributed by atoms with van der Waals surface area (Å²) in [5.74, 6) is -2.48. The lowest BCUT2D eigenvalue weighted by Crippen LogP contribution is -2.49. The second-order valence-corrected chi connectivity index (χ2v) is 12.2. The third-order valence-electron chi connectivity index (χ3n) is 8.52. The lowest BCUT2D eigenvalue weighted by molar-refractivity contribution is -0.123. The lowest BCUT2D eigenvalue weighted by atomic mass is 9.80. The molecule has 2 aromatic heterocycles. The molecular weight excluding hydrogens is 632 g/mol. The molecule has 0 radical (unpaired) electrons. The van der Waals surface area contributed by atoms with Gasteiger partial charge < -0.3 is 25.6 Å². The number of primary amides is 1. The minimum absolute atomic E-state index is 0.00247. The Bertz CT molecular complexity index is 1920. The van der Waals surface area contributed by atoms with Crippen LogP contribution in [0.3, 0.4) is 0 Å². The smallest absolute Gasteiger partial charge is 0.387 e. The second-order valence-electron chi connectivity index (χ2n) is 11.8. The van der Waals surface area contributed by atoms with Crippen LogP contribution in [0.2, 0.25) is 5.02 Å². The molecule has 6 rings (SSSR count). The summed E-state index contributed by atoms with van der Waals surface area (Å²) in [6.07, 6.45) is 1.30. The van der Waals surface area contributed by atoms with Crippen molar-refractivity contribution in [1.29, 1.82) is 0 Å². The molecule has 2 atom stereocenters. The fourth-order valence-corrected chi connectivity index (χ4v) is 5.88. The fraction of sp³-hybridized carbons (Fsp3) is 0.312. The van der Waals surface area contributed by atoms with Gasteiger partial charge in [0, 0.05) is 28.3 Å². The summed E-state index contributed by atoms with van der Waals surface area (Å²) in [6.45, 7) is -0.855. The third-order valence-corrected chi connectivity index (χ3v) is 8.84. The standard InChI is InChI=1S/C32H27ClF4N4O5/c1-15-7-16-8-17(9-22(46-29(35)36)24(16)39-12-15)27(42)40-13-32(44,31(37)5-6-31)23-11-20-26(45-14-30(20,2)28(38)43)25(41-23)19-4-3-18(34)10-21(19)33/h3-4,7-12,29,44H,5-6,13-14H2,1-2H3,(H2,38,43)(H,40,42)/t30-,32-/m0/s1. The Morgan fingerprint density at radius 1 is 1.22 bits per heavy atom. The van der Waals surface area contributed by atoms with Crippen molar-refractivity contribution in [2.24, 2.45) is 5.73 Å². The molecule has 0 spiro atoms. The molecular formula is C32H27ClF4N4O5. The molecule has 14 heteroatoms. The van der Waals surface area contributed by atoms with Crippen LogP contribution in [-0.4, -0.2) is 52.3 Å². The van der Waals surface area contributed by atoms with Gasteiger partial charge in [0.25, 0.3) is 5.91 Å². The van der Waals surface area contributed by atoms with Crippen LogP contribution in [0.4, 0.5) is 17.6 Å². The summed E-state index contributed by atoms with van der Waals surface area (Å²) >= 11 is 6.35. The molecule has 2 aromatic carbocycles. The number of pyridine rings is 2. The summed E-state index contributed by atoms with van der Waals surface area (Å²) in [5, 5.41) is 14.8. The number of amides is 2. The van der Waals surface area contributed by atoms with Crippen molar-refractivity contribution in [2.75, 3.05) is 13.2 Å². The van der Waals surface area contributed by atoms with Gasteiger partial charge in [-0.1, -0.05) is 11.6 Å². The van der Waals surface area contributed by atoms with Gasteiger partial charge in [-0.15, -0.1) is 0 Å². The zero-order valence-corrected chi connectivity index (χ0v) is 25.2. The highest BCUT2D eigenvalue weighted by molar-refractivity contribution is 6.33. The van der Waals surface area contributed by atoms with E-state index in [4.69, 9.17) is 22.1 Å². The number of rotatable bonds is 9. The molecule has 1 fully saturated rings. The minimum Gasteiger partial charge on any atom is -0.489 e. The number of fused-ring (bicyclic) bond motifs is 2. The van der Waals surface area contributed by atoms with E-state index in [1.54, 1.807) is 13.0 Å².